The van der Waals surface area contributed by atoms with Crippen molar-refractivity contribution < 1.29 is 4.79 Å². The number of hydrogen-bond acceptors (Lipinski definition) is 5. The molecule has 0 aliphatic heterocycles. The predicted molar refractivity (Wildman–Crippen MR) is 141 cm³/mol. The lowest BCUT2D eigenvalue weighted by Gasteiger charge is -2.12. The number of aromatic amines is 1. The van der Waals surface area contributed by atoms with E-state index >= 15 is 0 Å². The molecule has 0 saturated carbocycles. The van der Waals surface area contributed by atoms with Gasteiger partial charge in [-0.1, -0.05) is 51.5 Å². The third-order valence-electron chi connectivity index (χ3n) is 5.81. The summed E-state index contributed by atoms with van der Waals surface area (Å²) in [4.78, 5) is 46.4. The summed E-state index contributed by atoms with van der Waals surface area (Å²) < 4.78 is 3.41. The number of nitrogens with zero attached hydrogens (tertiary/aromatic N) is 3. The van der Waals surface area contributed by atoms with Gasteiger partial charge in [-0.25, -0.2) is 9.78 Å². The van der Waals surface area contributed by atoms with Gasteiger partial charge in [-0.05, 0) is 29.9 Å². The van der Waals surface area contributed by atoms with E-state index in [4.69, 9.17) is 4.98 Å². The summed E-state index contributed by atoms with van der Waals surface area (Å²) in [5.74, 6) is 0.763. The fourth-order valence-electron chi connectivity index (χ4n) is 4.17. The van der Waals surface area contributed by atoms with E-state index in [-0.39, 0.29) is 18.2 Å². The van der Waals surface area contributed by atoms with E-state index < -0.39 is 11.2 Å². The van der Waals surface area contributed by atoms with E-state index in [1.165, 1.54) is 4.57 Å². The number of aromatic nitrogens is 4. The normalized spacial score (nSPS) is 11.4. The SMILES string of the molecule is CCCCn1c(=O)[nH]c(=O)c2c1nc(CCC(=O)Nc1ccccc1-c1cccs1)n2CC(C)C. The number of hydrogen-bond donors (Lipinski definition) is 2. The van der Waals surface area contributed by atoms with Gasteiger partial charge in [0.2, 0.25) is 5.91 Å². The molecule has 0 spiro atoms. The number of fused-ring (bicyclic) bond motifs is 1. The van der Waals surface area contributed by atoms with Crippen LogP contribution in [0.2, 0.25) is 0 Å². The summed E-state index contributed by atoms with van der Waals surface area (Å²) in [6.07, 6.45) is 2.28. The molecule has 0 fully saturated rings. The summed E-state index contributed by atoms with van der Waals surface area (Å²) in [6.45, 7) is 7.23. The van der Waals surface area contributed by atoms with Crippen molar-refractivity contribution in [1.29, 1.82) is 0 Å². The number of imidazole rings is 1. The van der Waals surface area contributed by atoms with Gasteiger partial charge in [0, 0.05) is 42.1 Å². The first kappa shape index (κ1) is 24.7. The van der Waals surface area contributed by atoms with Gasteiger partial charge in [-0.3, -0.25) is 19.1 Å². The molecule has 0 radical (unpaired) electrons. The van der Waals surface area contributed by atoms with Crippen molar-refractivity contribution in [2.75, 3.05) is 5.32 Å². The smallest absolute Gasteiger partial charge is 0.325 e. The lowest BCUT2D eigenvalue weighted by Crippen LogP contribution is -2.31. The molecule has 1 aromatic carbocycles. The molecule has 0 bridgehead atoms. The van der Waals surface area contributed by atoms with Crippen molar-refractivity contribution in [1.82, 2.24) is 19.1 Å². The van der Waals surface area contributed by atoms with Crippen LogP contribution in [0.4, 0.5) is 5.69 Å². The van der Waals surface area contributed by atoms with E-state index in [1.54, 1.807) is 11.3 Å². The molecule has 0 saturated heterocycles. The number of carbonyl (C=O) groups is 1. The molecule has 184 valence electrons. The minimum atomic E-state index is -0.445. The van der Waals surface area contributed by atoms with Crippen LogP contribution in [0.25, 0.3) is 21.6 Å². The van der Waals surface area contributed by atoms with Gasteiger partial charge >= 0.3 is 5.69 Å². The third kappa shape index (κ3) is 5.45. The summed E-state index contributed by atoms with van der Waals surface area (Å²) >= 11 is 1.62. The quantitative estimate of drug-likeness (QED) is 0.336. The Bertz CT molecular complexity index is 1430. The largest absolute Gasteiger partial charge is 0.330 e. The molecular weight excluding hydrogens is 462 g/mol. The number of nitrogens with one attached hydrogen (secondary N) is 2. The first-order chi connectivity index (χ1) is 16.9. The van der Waals surface area contributed by atoms with Gasteiger partial charge in [0.1, 0.15) is 5.82 Å². The van der Waals surface area contributed by atoms with Crippen LogP contribution in [0.3, 0.4) is 0 Å². The molecule has 4 rings (SSSR count). The molecule has 8 nitrogen and oxygen atoms in total. The van der Waals surface area contributed by atoms with E-state index in [9.17, 15) is 14.4 Å². The summed E-state index contributed by atoms with van der Waals surface area (Å²) in [7, 11) is 0. The summed E-state index contributed by atoms with van der Waals surface area (Å²) in [6, 6.07) is 11.8. The number of rotatable bonds is 10. The molecule has 3 heterocycles. The molecule has 0 aliphatic carbocycles. The van der Waals surface area contributed by atoms with Gasteiger partial charge in [0.25, 0.3) is 5.56 Å². The number of benzene rings is 1. The van der Waals surface area contributed by atoms with Gasteiger partial charge in [0.15, 0.2) is 11.2 Å². The third-order valence-corrected chi connectivity index (χ3v) is 6.71. The summed E-state index contributed by atoms with van der Waals surface area (Å²) in [5.41, 5.74) is 1.65. The lowest BCUT2D eigenvalue weighted by molar-refractivity contribution is -0.116. The zero-order chi connectivity index (χ0) is 24.9. The number of amides is 1. The molecule has 9 heteroatoms. The van der Waals surface area contributed by atoms with Gasteiger partial charge in [0.05, 0.1) is 0 Å². The van der Waals surface area contributed by atoms with Crippen LogP contribution in [0.1, 0.15) is 45.9 Å². The standard InChI is InChI=1S/C26H31N5O3S/c1-4-5-14-30-24-23(25(33)29-26(30)34)31(16-17(2)3)21(28-24)12-13-22(32)27-19-10-7-6-9-18(19)20-11-8-15-35-20/h6-11,15,17H,4-5,12-14,16H2,1-3H3,(H,27,32)(H,29,33,34). The second kappa shape index (κ2) is 10.9. The number of thiophene rings is 1. The maximum Gasteiger partial charge on any atom is 0.330 e. The van der Waals surface area contributed by atoms with Crippen LogP contribution < -0.4 is 16.6 Å². The Morgan fingerprint density at radius 2 is 1.94 bits per heavy atom. The van der Waals surface area contributed by atoms with E-state index in [0.29, 0.717) is 36.5 Å². The lowest BCUT2D eigenvalue weighted by atomic mass is 10.1. The van der Waals surface area contributed by atoms with Crippen LogP contribution >= 0.6 is 11.3 Å². The fraction of sp³-hybridized carbons (Fsp3) is 0.385. The molecule has 0 unspecified atom stereocenters. The molecule has 0 atom stereocenters. The Labute approximate surface area is 207 Å². The van der Waals surface area contributed by atoms with Crippen LogP contribution in [-0.4, -0.2) is 25.0 Å². The second-order valence-electron chi connectivity index (χ2n) is 9.04. The zero-order valence-electron chi connectivity index (χ0n) is 20.3. The van der Waals surface area contributed by atoms with Gasteiger partial charge in [-0.15, -0.1) is 11.3 Å². The first-order valence-corrected chi connectivity index (χ1v) is 12.9. The van der Waals surface area contributed by atoms with Crippen LogP contribution in [0.5, 0.6) is 0 Å². The van der Waals surface area contributed by atoms with E-state index in [2.05, 4.69) is 24.1 Å². The number of para-hydroxylation sites is 1. The van der Waals surface area contributed by atoms with Crippen molar-refractivity contribution in [3.8, 4) is 10.4 Å². The monoisotopic (exact) mass is 493 g/mol. The number of unbranched alkanes of at least 4 members (excludes halogenated alkanes) is 1. The first-order valence-electron chi connectivity index (χ1n) is 12.0. The minimum Gasteiger partial charge on any atom is -0.325 e. The Morgan fingerprint density at radius 3 is 2.66 bits per heavy atom. The maximum atomic E-state index is 12.9. The average molecular weight is 494 g/mol. The molecular formula is C26H31N5O3S. The maximum absolute atomic E-state index is 12.9. The van der Waals surface area contributed by atoms with E-state index in [0.717, 1.165) is 29.0 Å². The van der Waals surface area contributed by atoms with Crippen molar-refractivity contribution in [2.45, 2.75) is 59.5 Å². The molecule has 35 heavy (non-hydrogen) atoms. The second-order valence-corrected chi connectivity index (χ2v) is 9.99. The average Bonchev–Trinajstić information content (AvgIpc) is 3.46. The molecule has 0 aliphatic rings. The molecule has 3 aromatic heterocycles. The molecule has 1 amide bonds. The van der Waals surface area contributed by atoms with Crippen molar-refractivity contribution in [2.24, 2.45) is 5.92 Å². The van der Waals surface area contributed by atoms with E-state index in [1.807, 2.05) is 53.3 Å². The highest BCUT2D eigenvalue weighted by Crippen LogP contribution is 2.31. The zero-order valence-corrected chi connectivity index (χ0v) is 21.2. The topological polar surface area (TPSA) is 102 Å². The Hall–Kier alpha value is -3.46. The van der Waals surface area contributed by atoms with Crippen molar-refractivity contribution in [3.05, 3.63) is 68.4 Å². The Morgan fingerprint density at radius 1 is 1.14 bits per heavy atom. The highest BCUT2D eigenvalue weighted by Gasteiger charge is 2.20. The van der Waals surface area contributed by atoms with Gasteiger partial charge < -0.3 is 9.88 Å². The van der Waals surface area contributed by atoms with Crippen molar-refractivity contribution in [3.63, 3.8) is 0 Å². The molecule has 2 N–H and O–H groups in total. The fourth-order valence-corrected chi connectivity index (χ4v) is 4.94. The highest BCUT2D eigenvalue weighted by atomic mass is 32.1. The number of anilines is 1. The molecule has 4 aromatic rings. The van der Waals surface area contributed by atoms with Crippen molar-refractivity contribution >= 4 is 34.1 Å². The van der Waals surface area contributed by atoms with Crippen LogP contribution in [0, 0.1) is 5.92 Å². The summed E-state index contributed by atoms with van der Waals surface area (Å²) in [5, 5.41) is 5.04. The van der Waals surface area contributed by atoms with Crippen LogP contribution in [0.15, 0.2) is 51.4 Å². The van der Waals surface area contributed by atoms with Crippen LogP contribution in [-0.2, 0) is 24.3 Å². The number of H-pyrrole nitrogens is 1. The predicted octanol–water partition coefficient (Wildman–Crippen LogP) is 4.64. The number of aryl methyl sites for hydroxylation is 2. The Kier molecular flexibility index (Phi) is 7.65. The highest BCUT2D eigenvalue weighted by molar-refractivity contribution is 7.13. The van der Waals surface area contributed by atoms with Gasteiger partial charge in [-0.2, -0.15) is 0 Å². The minimum absolute atomic E-state index is 0.130. The number of carbonyl (C=O) groups excluding carboxylic acids is 1. The Balaban J connectivity index is 1.62.